The molecule has 4 nitrogen and oxygen atoms in total. The maximum absolute atomic E-state index is 12.0. The molecule has 0 bridgehead atoms. The average molecular weight is 260 g/mol. The summed E-state index contributed by atoms with van der Waals surface area (Å²) in [6, 6.07) is 5.55. The molecule has 1 aliphatic heterocycles. The van der Waals surface area contributed by atoms with E-state index < -0.39 is 17.3 Å². The van der Waals surface area contributed by atoms with Crippen molar-refractivity contribution < 1.29 is 14.3 Å². The van der Waals surface area contributed by atoms with Crippen molar-refractivity contribution in [1.82, 2.24) is 0 Å². The van der Waals surface area contributed by atoms with E-state index in [4.69, 9.17) is 9.15 Å². The maximum Gasteiger partial charge on any atom is 0.343 e. The number of aryl methyl sites for hydroxylation is 1. The second-order valence-corrected chi connectivity index (χ2v) is 5.57. The van der Waals surface area contributed by atoms with Crippen LogP contribution < -0.4 is 10.4 Å². The molecule has 100 valence electrons. The van der Waals surface area contributed by atoms with Gasteiger partial charge in [-0.25, -0.2) is 4.79 Å². The molecule has 0 radical (unpaired) electrons. The molecule has 0 spiro atoms. The smallest absolute Gasteiger partial charge is 0.343 e. The summed E-state index contributed by atoms with van der Waals surface area (Å²) in [5, 5.41) is 10.9. The standard InChI is InChI=1S/C15H16O4/c1-8-5-4-6-10-12(8)13-9(14(17)18-10)7-11(16)15(2,3)19-13/h4-6,11,16H,7H2,1-3H3/t11-/m1/s1. The van der Waals surface area contributed by atoms with Crippen LogP contribution in [-0.2, 0) is 6.42 Å². The van der Waals surface area contributed by atoms with E-state index >= 15 is 0 Å². The van der Waals surface area contributed by atoms with E-state index in [-0.39, 0.29) is 6.42 Å². The minimum atomic E-state index is -0.718. The van der Waals surface area contributed by atoms with Gasteiger partial charge >= 0.3 is 5.63 Å². The van der Waals surface area contributed by atoms with Crippen molar-refractivity contribution in [3.63, 3.8) is 0 Å². The third kappa shape index (κ3) is 1.75. The predicted molar refractivity (Wildman–Crippen MR) is 71.6 cm³/mol. The summed E-state index contributed by atoms with van der Waals surface area (Å²) in [6.45, 7) is 5.59. The molecule has 1 N–H and O–H groups in total. The van der Waals surface area contributed by atoms with Gasteiger partial charge in [-0.3, -0.25) is 0 Å². The number of fused-ring (bicyclic) bond motifs is 3. The van der Waals surface area contributed by atoms with Crippen LogP contribution in [0.5, 0.6) is 5.75 Å². The lowest BCUT2D eigenvalue weighted by Gasteiger charge is -2.36. The van der Waals surface area contributed by atoms with Crippen LogP contribution in [0.1, 0.15) is 25.0 Å². The van der Waals surface area contributed by atoms with Gasteiger partial charge in [-0.1, -0.05) is 12.1 Å². The molecule has 0 saturated carbocycles. The molecule has 1 aliphatic rings. The molecule has 0 unspecified atom stereocenters. The van der Waals surface area contributed by atoms with Gasteiger partial charge < -0.3 is 14.3 Å². The van der Waals surface area contributed by atoms with Crippen molar-refractivity contribution >= 4 is 11.0 Å². The summed E-state index contributed by atoms with van der Waals surface area (Å²) >= 11 is 0. The molecule has 0 amide bonds. The number of ether oxygens (including phenoxy) is 1. The van der Waals surface area contributed by atoms with Crippen molar-refractivity contribution in [2.75, 3.05) is 0 Å². The van der Waals surface area contributed by atoms with Crippen LogP contribution >= 0.6 is 0 Å². The molecule has 1 aromatic carbocycles. The maximum atomic E-state index is 12.0. The van der Waals surface area contributed by atoms with Crippen LogP contribution in [0.25, 0.3) is 11.0 Å². The highest BCUT2D eigenvalue weighted by Crippen LogP contribution is 2.38. The fraction of sp³-hybridized carbons (Fsp3) is 0.400. The fourth-order valence-corrected chi connectivity index (χ4v) is 2.48. The summed E-state index contributed by atoms with van der Waals surface area (Å²) in [6.07, 6.45) is -0.459. The first-order chi connectivity index (χ1) is 8.90. The molecule has 1 atom stereocenters. The SMILES string of the molecule is Cc1cccc2oc(=O)c3c(c12)OC(C)(C)[C@H](O)C3. The normalized spacial score (nSPS) is 20.9. The van der Waals surface area contributed by atoms with Crippen molar-refractivity contribution in [2.24, 2.45) is 0 Å². The zero-order chi connectivity index (χ0) is 13.8. The highest BCUT2D eigenvalue weighted by atomic mass is 16.5. The highest BCUT2D eigenvalue weighted by molar-refractivity contribution is 5.88. The molecule has 4 heteroatoms. The van der Waals surface area contributed by atoms with Crippen molar-refractivity contribution in [2.45, 2.75) is 38.9 Å². The van der Waals surface area contributed by atoms with Crippen LogP contribution in [0, 0.1) is 6.92 Å². The van der Waals surface area contributed by atoms with Gasteiger partial charge in [0.15, 0.2) is 0 Å². The molecule has 0 fully saturated rings. The Kier molecular flexibility index (Phi) is 2.47. The van der Waals surface area contributed by atoms with E-state index in [1.165, 1.54) is 0 Å². The van der Waals surface area contributed by atoms with Gasteiger partial charge in [0.1, 0.15) is 16.9 Å². The van der Waals surface area contributed by atoms with Crippen molar-refractivity contribution in [3.05, 3.63) is 39.7 Å². The van der Waals surface area contributed by atoms with Crippen LogP contribution in [0.2, 0.25) is 0 Å². The summed E-state index contributed by atoms with van der Waals surface area (Å²) in [7, 11) is 0. The predicted octanol–water partition coefficient (Wildman–Crippen LogP) is 2.18. The Labute approximate surface area is 110 Å². The Hall–Kier alpha value is -1.81. The second kappa shape index (κ2) is 3.84. The zero-order valence-electron chi connectivity index (χ0n) is 11.2. The molecule has 2 aromatic rings. The van der Waals surface area contributed by atoms with E-state index in [2.05, 4.69) is 0 Å². The van der Waals surface area contributed by atoms with Crippen molar-refractivity contribution in [3.8, 4) is 5.75 Å². The molecule has 0 saturated heterocycles. The largest absolute Gasteiger partial charge is 0.484 e. The first-order valence-corrected chi connectivity index (χ1v) is 6.32. The summed E-state index contributed by atoms with van der Waals surface area (Å²) < 4.78 is 11.2. The molecular weight excluding hydrogens is 244 g/mol. The number of rotatable bonds is 0. The monoisotopic (exact) mass is 260 g/mol. The van der Waals surface area contributed by atoms with Crippen molar-refractivity contribution in [1.29, 1.82) is 0 Å². The van der Waals surface area contributed by atoms with Gasteiger partial charge in [0.05, 0.1) is 17.1 Å². The molecular formula is C15H16O4. The molecule has 0 aliphatic carbocycles. The number of hydrogen-bond acceptors (Lipinski definition) is 4. The molecule has 19 heavy (non-hydrogen) atoms. The van der Waals surface area contributed by atoms with E-state index in [1.807, 2.05) is 32.9 Å². The van der Waals surface area contributed by atoms with Gasteiger partial charge in [-0.2, -0.15) is 0 Å². The zero-order valence-corrected chi connectivity index (χ0v) is 11.2. The molecule has 2 heterocycles. The number of aliphatic hydroxyl groups excluding tert-OH is 1. The number of benzene rings is 1. The Morgan fingerprint density at radius 2 is 2.11 bits per heavy atom. The molecule has 3 rings (SSSR count). The van der Waals surface area contributed by atoms with E-state index in [0.29, 0.717) is 16.9 Å². The Morgan fingerprint density at radius 1 is 1.37 bits per heavy atom. The number of aliphatic hydroxyl groups is 1. The van der Waals surface area contributed by atoms with Gasteiger partial charge in [0.2, 0.25) is 0 Å². The van der Waals surface area contributed by atoms with Crippen LogP contribution in [0.15, 0.2) is 27.4 Å². The fourth-order valence-electron chi connectivity index (χ4n) is 2.48. The Morgan fingerprint density at radius 3 is 2.84 bits per heavy atom. The minimum absolute atomic E-state index is 0.259. The highest BCUT2D eigenvalue weighted by Gasteiger charge is 2.38. The van der Waals surface area contributed by atoms with Gasteiger partial charge in [0, 0.05) is 6.42 Å². The molecule has 1 aromatic heterocycles. The summed E-state index contributed by atoms with van der Waals surface area (Å²) in [5.41, 5.74) is 0.799. The Balaban J connectivity index is 2.39. The first-order valence-electron chi connectivity index (χ1n) is 6.32. The first kappa shape index (κ1) is 12.2. The van der Waals surface area contributed by atoms with Crippen LogP contribution in [-0.4, -0.2) is 16.8 Å². The summed E-state index contributed by atoms with van der Waals surface area (Å²) in [5.74, 6) is 0.555. The summed E-state index contributed by atoms with van der Waals surface area (Å²) in [4.78, 5) is 12.0. The van der Waals surface area contributed by atoms with E-state index in [1.54, 1.807) is 6.07 Å². The average Bonchev–Trinajstić information content (AvgIpc) is 2.31. The minimum Gasteiger partial charge on any atom is -0.484 e. The third-order valence-corrected chi connectivity index (χ3v) is 3.75. The van der Waals surface area contributed by atoms with Gasteiger partial charge in [0.25, 0.3) is 0 Å². The van der Waals surface area contributed by atoms with Gasteiger partial charge in [-0.05, 0) is 32.4 Å². The number of hydrogen-bond donors (Lipinski definition) is 1. The van der Waals surface area contributed by atoms with E-state index in [9.17, 15) is 9.90 Å². The lowest BCUT2D eigenvalue weighted by Crippen LogP contribution is -2.47. The van der Waals surface area contributed by atoms with Crippen LogP contribution in [0.4, 0.5) is 0 Å². The van der Waals surface area contributed by atoms with Crippen LogP contribution in [0.3, 0.4) is 0 Å². The van der Waals surface area contributed by atoms with Gasteiger partial charge in [-0.15, -0.1) is 0 Å². The lowest BCUT2D eigenvalue weighted by molar-refractivity contribution is -0.0410. The Bertz CT molecular complexity index is 712. The second-order valence-electron chi connectivity index (χ2n) is 5.57. The topological polar surface area (TPSA) is 59.7 Å². The third-order valence-electron chi connectivity index (χ3n) is 3.75. The quantitative estimate of drug-likeness (QED) is 0.737. The lowest BCUT2D eigenvalue weighted by atomic mass is 9.90. The van der Waals surface area contributed by atoms with E-state index in [0.717, 1.165) is 10.9 Å².